The summed E-state index contributed by atoms with van der Waals surface area (Å²) in [5, 5.41) is 3.29. The number of pyridine rings is 1. The Morgan fingerprint density at radius 2 is 2.05 bits per heavy atom. The number of nitrogens with one attached hydrogen (secondary N) is 1. The molecular weight excluding hydrogens is 264 g/mol. The Hall–Kier alpha value is -2.07. The maximum atomic E-state index is 12.1. The van der Waals surface area contributed by atoms with Crippen molar-refractivity contribution in [1.29, 1.82) is 0 Å². The molecule has 0 saturated carbocycles. The summed E-state index contributed by atoms with van der Waals surface area (Å²) in [4.78, 5) is 12.1. The summed E-state index contributed by atoms with van der Waals surface area (Å²) in [5.74, 6) is 0.799. The number of benzene rings is 1. The Morgan fingerprint density at radius 3 is 2.71 bits per heavy atom. The van der Waals surface area contributed by atoms with Gasteiger partial charge < -0.3 is 14.6 Å². The SMILES string of the molecule is COc1cccc(-n2cc(CNC(C)C)c(=O)cc2C)c1. The van der Waals surface area contributed by atoms with Gasteiger partial charge in [-0.25, -0.2) is 0 Å². The minimum Gasteiger partial charge on any atom is -0.497 e. The number of aromatic nitrogens is 1. The van der Waals surface area contributed by atoms with Crippen LogP contribution in [0.4, 0.5) is 0 Å². The van der Waals surface area contributed by atoms with Crippen molar-refractivity contribution in [3.8, 4) is 11.4 Å². The number of hydrogen-bond acceptors (Lipinski definition) is 3. The van der Waals surface area contributed by atoms with Crippen LogP contribution in [0.15, 0.2) is 41.3 Å². The third kappa shape index (κ3) is 3.73. The minimum absolute atomic E-state index is 0.0693. The van der Waals surface area contributed by atoms with Gasteiger partial charge in [-0.15, -0.1) is 0 Å². The summed E-state index contributed by atoms with van der Waals surface area (Å²) >= 11 is 0. The fraction of sp³-hybridized carbons (Fsp3) is 0.353. The fourth-order valence-corrected chi connectivity index (χ4v) is 2.16. The van der Waals surface area contributed by atoms with Gasteiger partial charge in [0.05, 0.1) is 7.11 Å². The molecule has 0 aliphatic rings. The molecule has 0 unspecified atom stereocenters. The molecule has 0 amide bonds. The molecule has 0 spiro atoms. The van der Waals surface area contributed by atoms with Crippen molar-refractivity contribution in [2.75, 3.05) is 7.11 Å². The van der Waals surface area contributed by atoms with Gasteiger partial charge >= 0.3 is 0 Å². The lowest BCUT2D eigenvalue weighted by Crippen LogP contribution is -2.26. The van der Waals surface area contributed by atoms with E-state index < -0.39 is 0 Å². The van der Waals surface area contributed by atoms with Crippen molar-refractivity contribution >= 4 is 0 Å². The normalized spacial score (nSPS) is 10.9. The topological polar surface area (TPSA) is 43.3 Å². The molecule has 1 heterocycles. The van der Waals surface area contributed by atoms with E-state index in [1.165, 1.54) is 0 Å². The van der Waals surface area contributed by atoms with Gasteiger partial charge in [-0.1, -0.05) is 19.9 Å². The second-order valence-corrected chi connectivity index (χ2v) is 5.41. The van der Waals surface area contributed by atoms with Gasteiger partial charge in [0.15, 0.2) is 5.43 Å². The molecule has 4 nitrogen and oxygen atoms in total. The van der Waals surface area contributed by atoms with Crippen LogP contribution in [0.3, 0.4) is 0 Å². The van der Waals surface area contributed by atoms with Gasteiger partial charge in [-0.2, -0.15) is 0 Å². The smallest absolute Gasteiger partial charge is 0.186 e. The quantitative estimate of drug-likeness (QED) is 0.919. The maximum absolute atomic E-state index is 12.1. The third-order valence-electron chi connectivity index (χ3n) is 3.35. The summed E-state index contributed by atoms with van der Waals surface area (Å²) < 4.78 is 7.28. The Kier molecular flexibility index (Phi) is 4.81. The van der Waals surface area contributed by atoms with E-state index in [1.54, 1.807) is 13.2 Å². The van der Waals surface area contributed by atoms with Crippen LogP contribution in [0.2, 0.25) is 0 Å². The summed E-state index contributed by atoms with van der Waals surface area (Å²) in [5.41, 5.74) is 2.72. The highest BCUT2D eigenvalue weighted by Crippen LogP contribution is 2.17. The van der Waals surface area contributed by atoms with Crippen molar-refractivity contribution in [1.82, 2.24) is 9.88 Å². The van der Waals surface area contributed by atoms with Crippen LogP contribution in [-0.4, -0.2) is 17.7 Å². The molecule has 1 aromatic heterocycles. The largest absolute Gasteiger partial charge is 0.497 e. The van der Waals surface area contributed by atoms with E-state index in [1.807, 2.05) is 42.0 Å². The average Bonchev–Trinajstić information content (AvgIpc) is 2.46. The van der Waals surface area contributed by atoms with Gasteiger partial charge in [0.25, 0.3) is 0 Å². The molecule has 4 heteroatoms. The van der Waals surface area contributed by atoms with Crippen LogP contribution in [0.5, 0.6) is 5.75 Å². The number of aryl methyl sites for hydroxylation is 1. The number of hydrogen-bond donors (Lipinski definition) is 1. The highest BCUT2D eigenvalue weighted by Gasteiger charge is 2.07. The van der Waals surface area contributed by atoms with Gasteiger partial charge in [-0.3, -0.25) is 4.79 Å². The number of ether oxygens (including phenoxy) is 1. The minimum atomic E-state index is 0.0693. The predicted molar refractivity (Wildman–Crippen MR) is 85.3 cm³/mol. The highest BCUT2D eigenvalue weighted by atomic mass is 16.5. The average molecular weight is 286 g/mol. The predicted octanol–water partition coefficient (Wildman–Crippen LogP) is 2.65. The number of rotatable bonds is 5. The zero-order valence-corrected chi connectivity index (χ0v) is 13.0. The fourth-order valence-electron chi connectivity index (χ4n) is 2.16. The van der Waals surface area contributed by atoms with Gasteiger partial charge in [0, 0.05) is 47.9 Å². The maximum Gasteiger partial charge on any atom is 0.186 e. The van der Waals surface area contributed by atoms with Crippen LogP contribution in [0.25, 0.3) is 5.69 Å². The number of nitrogens with zero attached hydrogens (tertiary/aromatic N) is 1. The summed E-state index contributed by atoms with van der Waals surface area (Å²) in [7, 11) is 1.65. The summed E-state index contributed by atoms with van der Waals surface area (Å²) in [6, 6.07) is 9.82. The van der Waals surface area contributed by atoms with E-state index >= 15 is 0 Å². The van der Waals surface area contributed by atoms with Crippen molar-refractivity contribution in [3.05, 3.63) is 58.0 Å². The molecule has 0 fully saturated rings. The van der Waals surface area contributed by atoms with E-state index in [2.05, 4.69) is 19.2 Å². The van der Waals surface area contributed by atoms with Crippen molar-refractivity contribution in [2.24, 2.45) is 0 Å². The van der Waals surface area contributed by atoms with Crippen LogP contribution in [0, 0.1) is 6.92 Å². The standard InChI is InChI=1S/C17H22N2O2/c1-12(2)18-10-14-11-19(13(3)8-17(14)20)15-6-5-7-16(9-15)21-4/h5-9,11-12,18H,10H2,1-4H3. The van der Waals surface area contributed by atoms with E-state index in [0.29, 0.717) is 12.6 Å². The number of methoxy groups -OCH3 is 1. The van der Waals surface area contributed by atoms with E-state index in [0.717, 1.165) is 22.7 Å². The zero-order chi connectivity index (χ0) is 15.4. The Balaban J connectivity index is 2.43. The van der Waals surface area contributed by atoms with Gasteiger partial charge in [-0.05, 0) is 19.1 Å². The van der Waals surface area contributed by atoms with Gasteiger partial charge in [0.2, 0.25) is 0 Å². The Bertz CT molecular complexity index is 675. The first-order valence-electron chi connectivity index (χ1n) is 7.11. The Morgan fingerprint density at radius 1 is 1.29 bits per heavy atom. The first-order valence-corrected chi connectivity index (χ1v) is 7.11. The lowest BCUT2D eigenvalue weighted by molar-refractivity contribution is 0.414. The summed E-state index contributed by atoms with van der Waals surface area (Å²) in [6.07, 6.45) is 1.90. The molecule has 21 heavy (non-hydrogen) atoms. The molecular formula is C17H22N2O2. The first-order chi connectivity index (χ1) is 10.0. The molecule has 112 valence electrons. The van der Waals surface area contributed by atoms with Crippen molar-refractivity contribution < 1.29 is 4.74 Å². The lowest BCUT2D eigenvalue weighted by Gasteiger charge is -2.15. The highest BCUT2D eigenvalue weighted by molar-refractivity contribution is 5.41. The van der Waals surface area contributed by atoms with Crippen LogP contribution < -0.4 is 15.5 Å². The third-order valence-corrected chi connectivity index (χ3v) is 3.35. The molecule has 2 aromatic rings. The first kappa shape index (κ1) is 15.3. The Labute approximate surface area is 125 Å². The molecule has 0 aliphatic carbocycles. The van der Waals surface area contributed by atoms with E-state index in [9.17, 15) is 4.79 Å². The second-order valence-electron chi connectivity index (χ2n) is 5.41. The monoisotopic (exact) mass is 286 g/mol. The van der Waals surface area contributed by atoms with Crippen molar-refractivity contribution in [2.45, 2.75) is 33.4 Å². The molecule has 1 N–H and O–H groups in total. The van der Waals surface area contributed by atoms with Gasteiger partial charge in [0.1, 0.15) is 5.75 Å². The summed E-state index contributed by atoms with van der Waals surface area (Å²) in [6.45, 7) is 6.63. The van der Waals surface area contributed by atoms with Crippen LogP contribution in [0.1, 0.15) is 25.1 Å². The van der Waals surface area contributed by atoms with E-state index in [-0.39, 0.29) is 5.43 Å². The molecule has 0 radical (unpaired) electrons. The molecule has 0 bridgehead atoms. The molecule has 0 saturated heterocycles. The zero-order valence-electron chi connectivity index (χ0n) is 13.0. The molecule has 0 atom stereocenters. The van der Waals surface area contributed by atoms with Crippen LogP contribution >= 0.6 is 0 Å². The van der Waals surface area contributed by atoms with Crippen LogP contribution in [-0.2, 0) is 6.54 Å². The molecule has 0 aliphatic heterocycles. The molecule has 1 aromatic carbocycles. The second kappa shape index (κ2) is 6.59. The van der Waals surface area contributed by atoms with Crippen molar-refractivity contribution in [3.63, 3.8) is 0 Å². The van der Waals surface area contributed by atoms with E-state index in [4.69, 9.17) is 4.74 Å². The lowest BCUT2D eigenvalue weighted by atomic mass is 10.2. The molecule has 2 rings (SSSR count).